The number of amides is 2. The van der Waals surface area contributed by atoms with Crippen molar-refractivity contribution in [1.29, 1.82) is 0 Å². The molecule has 148 valence electrons. The van der Waals surface area contributed by atoms with Crippen molar-refractivity contribution in [3.05, 3.63) is 75.5 Å². The highest BCUT2D eigenvalue weighted by atomic mass is 35.5. The van der Waals surface area contributed by atoms with Crippen LogP contribution in [0.25, 0.3) is 17.0 Å². The van der Waals surface area contributed by atoms with E-state index >= 15 is 0 Å². The van der Waals surface area contributed by atoms with Crippen molar-refractivity contribution >= 4 is 51.5 Å². The molecule has 3 aromatic rings. The van der Waals surface area contributed by atoms with Gasteiger partial charge in [0.15, 0.2) is 0 Å². The second-order valence-corrected chi connectivity index (χ2v) is 8.20. The predicted octanol–water partition coefficient (Wildman–Crippen LogP) is 6.08. The molecule has 7 heteroatoms. The fourth-order valence-corrected chi connectivity index (χ4v) is 4.47. The van der Waals surface area contributed by atoms with E-state index in [1.165, 1.54) is 18.2 Å². The lowest BCUT2D eigenvalue weighted by molar-refractivity contribution is -0.123. The Hall–Kier alpha value is -2.57. The van der Waals surface area contributed by atoms with Crippen LogP contribution in [0.3, 0.4) is 0 Å². The molecular weight excluding hydrogens is 411 g/mol. The van der Waals surface area contributed by atoms with Crippen molar-refractivity contribution in [2.24, 2.45) is 0 Å². The van der Waals surface area contributed by atoms with Crippen molar-refractivity contribution < 1.29 is 14.0 Å². The number of hydrogen-bond donors (Lipinski definition) is 0. The topological polar surface area (TPSA) is 42.3 Å². The first kappa shape index (κ1) is 19.7. The van der Waals surface area contributed by atoms with Crippen molar-refractivity contribution in [3.8, 4) is 0 Å². The van der Waals surface area contributed by atoms with E-state index in [0.717, 1.165) is 46.1 Å². The number of para-hydroxylation sites is 1. The summed E-state index contributed by atoms with van der Waals surface area (Å²) in [5, 5.41) is 0.865. The van der Waals surface area contributed by atoms with E-state index in [1.807, 2.05) is 30.5 Å². The van der Waals surface area contributed by atoms with Crippen LogP contribution in [-0.4, -0.2) is 20.6 Å². The fraction of sp³-hybridized carbons (Fsp3) is 0.182. The Kier molecular flexibility index (Phi) is 5.48. The van der Waals surface area contributed by atoms with Crippen molar-refractivity contribution in [1.82, 2.24) is 9.47 Å². The van der Waals surface area contributed by atoms with Crippen LogP contribution in [0.4, 0.5) is 9.18 Å². The normalized spacial score (nSPS) is 15.8. The fourth-order valence-electron chi connectivity index (χ4n) is 3.41. The largest absolute Gasteiger partial charge is 0.347 e. The molecule has 0 saturated carbocycles. The second kappa shape index (κ2) is 8.05. The number of imide groups is 1. The highest BCUT2D eigenvalue weighted by Crippen LogP contribution is 2.35. The maximum Gasteiger partial charge on any atom is 0.293 e. The standard InChI is InChI=1S/C22H18ClFN2O2S/c1-2-9-25-12-15(17-5-3-4-6-19(17)25)10-20-21(27)26(22(28)29-20)13-14-7-8-16(24)11-18(14)23/h3-8,10-12H,2,9,13H2,1H3/b20-10-. The molecule has 1 aliphatic heterocycles. The Balaban J connectivity index is 1.65. The van der Waals surface area contributed by atoms with Crippen LogP contribution in [0.5, 0.6) is 0 Å². The van der Waals surface area contributed by atoms with Gasteiger partial charge in [-0.25, -0.2) is 4.39 Å². The quantitative estimate of drug-likeness (QED) is 0.462. The third-order valence-corrected chi connectivity index (χ3v) is 6.05. The zero-order valence-electron chi connectivity index (χ0n) is 15.7. The molecule has 0 atom stereocenters. The molecule has 0 radical (unpaired) electrons. The summed E-state index contributed by atoms with van der Waals surface area (Å²) in [4.78, 5) is 26.8. The highest BCUT2D eigenvalue weighted by Gasteiger charge is 2.35. The lowest BCUT2D eigenvalue weighted by Crippen LogP contribution is -2.27. The number of benzene rings is 2. The molecular formula is C22H18ClFN2O2S. The lowest BCUT2D eigenvalue weighted by atomic mass is 10.1. The van der Waals surface area contributed by atoms with Gasteiger partial charge >= 0.3 is 0 Å². The molecule has 4 nitrogen and oxygen atoms in total. The Labute approximate surface area is 176 Å². The molecule has 0 unspecified atom stereocenters. The van der Waals surface area contributed by atoms with Crippen LogP contribution < -0.4 is 0 Å². The highest BCUT2D eigenvalue weighted by molar-refractivity contribution is 8.18. The minimum atomic E-state index is -0.462. The average molecular weight is 429 g/mol. The van der Waals surface area contributed by atoms with Gasteiger partial charge < -0.3 is 4.57 Å². The second-order valence-electron chi connectivity index (χ2n) is 6.80. The van der Waals surface area contributed by atoms with Crippen molar-refractivity contribution in [2.45, 2.75) is 26.4 Å². The van der Waals surface area contributed by atoms with Gasteiger partial charge in [-0.2, -0.15) is 0 Å². The first-order chi connectivity index (χ1) is 14.0. The maximum atomic E-state index is 13.3. The molecule has 2 aromatic carbocycles. The van der Waals surface area contributed by atoms with Gasteiger partial charge in [0.25, 0.3) is 11.1 Å². The molecule has 4 rings (SSSR count). The summed E-state index contributed by atoms with van der Waals surface area (Å²) in [7, 11) is 0. The van der Waals surface area contributed by atoms with Gasteiger partial charge in [0.1, 0.15) is 5.82 Å². The van der Waals surface area contributed by atoms with E-state index in [4.69, 9.17) is 11.6 Å². The molecule has 0 spiro atoms. The van der Waals surface area contributed by atoms with Gasteiger partial charge in [-0.1, -0.05) is 42.8 Å². The van der Waals surface area contributed by atoms with Gasteiger partial charge in [0.2, 0.25) is 0 Å². The molecule has 2 heterocycles. The summed E-state index contributed by atoms with van der Waals surface area (Å²) >= 11 is 6.96. The zero-order chi connectivity index (χ0) is 20.5. The SMILES string of the molecule is CCCn1cc(/C=C2\SC(=O)N(Cc3ccc(F)cc3Cl)C2=O)c2ccccc21. The van der Waals surface area contributed by atoms with E-state index in [9.17, 15) is 14.0 Å². The third-order valence-electron chi connectivity index (χ3n) is 4.79. The number of carbonyl (C=O) groups excluding carboxylic acids is 2. The molecule has 0 aliphatic carbocycles. The minimum Gasteiger partial charge on any atom is -0.347 e. The van der Waals surface area contributed by atoms with Gasteiger partial charge in [-0.15, -0.1) is 0 Å². The van der Waals surface area contributed by atoms with E-state index in [1.54, 1.807) is 6.08 Å². The Morgan fingerprint density at radius 1 is 1.17 bits per heavy atom. The van der Waals surface area contributed by atoms with Crippen LogP contribution >= 0.6 is 23.4 Å². The van der Waals surface area contributed by atoms with E-state index in [2.05, 4.69) is 11.5 Å². The number of thioether (sulfide) groups is 1. The molecule has 29 heavy (non-hydrogen) atoms. The molecule has 1 fully saturated rings. The summed E-state index contributed by atoms with van der Waals surface area (Å²) in [5.74, 6) is -0.830. The molecule has 2 amide bonds. The van der Waals surface area contributed by atoms with Gasteiger partial charge in [-0.3, -0.25) is 14.5 Å². The summed E-state index contributed by atoms with van der Waals surface area (Å²) in [6.07, 6.45) is 4.78. The number of rotatable bonds is 5. The van der Waals surface area contributed by atoms with Crippen LogP contribution in [0.1, 0.15) is 24.5 Å². The van der Waals surface area contributed by atoms with E-state index in [-0.39, 0.29) is 22.7 Å². The summed E-state index contributed by atoms with van der Waals surface area (Å²) < 4.78 is 15.4. The monoisotopic (exact) mass is 428 g/mol. The van der Waals surface area contributed by atoms with Crippen LogP contribution in [0, 0.1) is 5.82 Å². The molecule has 1 aromatic heterocycles. The predicted molar refractivity (Wildman–Crippen MR) is 115 cm³/mol. The number of halogens is 2. The van der Waals surface area contributed by atoms with E-state index in [0.29, 0.717) is 10.5 Å². The van der Waals surface area contributed by atoms with Crippen LogP contribution in [0.2, 0.25) is 5.02 Å². The first-order valence-electron chi connectivity index (χ1n) is 9.25. The van der Waals surface area contributed by atoms with Gasteiger partial charge in [0, 0.05) is 34.2 Å². The Morgan fingerprint density at radius 3 is 2.72 bits per heavy atom. The summed E-state index contributed by atoms with van der Waals surface area (Å²) in [6, 6.07) is 11.9. The molecule has 0 N–H and O–H groups in total. The molecule has 0 bridgehead atoms. The minimum absolute atomic E-state index is 0.0126. The molecule has 1 saturated heterocycles. The number of aryl methyl sites for hydroxylation is 1. The van der Waals surface area contributed by atoms with Crippen molar-refractivity contribution in [3.63, 3.8) is 0 Å². The smallest absolute Gasteiger partial charge is 0.293 e. The number of fused-ring (bicyclic) bond motifs is 1. The number of hydrogen-bond acceptors (Lipinski definition) is 3. The van der Waals surface area contributed by atoms with E-state index < -0.39 is 5.82 Å². The number of nitrogens with zero attached hydrogens (tertiary/aromatic N) is 2. The summed E-state index contributed by atoms with van der Waals surface area (Å²) in [6.45, 7) is 3.00. The Bertz CT molecular complexity index is 1150. The summed E-state index contributed by atoms with van der Waals surface area (Å²) in [5.41, 5.74) is 2.52. The van der Waals surface area contributed by atoms with Crippen LogP contribution in [-0.2, 0) is 17.9 Å². The third kappa shape index (κ3) is 3.82. The van der Waals surface area contributed by atoms with Gasteiger partial charge in [-0.05, 0) is 48.0 Å². The Morgan fingerprint density at radius 2 is 1.97 bits per heavy atom. The lowest BCUT2D eigenvalue weighted by Gasteiger charge is -2.13. The number of aromatic nitrogens is 1. The van der Waals surface area contributed by atoms with Gasteiger partial charge in [0.05, 0.1) is 11.4 Å². The average Bonchev–Trinajstić information content (AvgIpc) is 3.17. The zero-order valence-corrected chi connectivity index (χ0v) is 17.3. The molecule has 1 aliphatic rings. The van der Waals surface area contributed by atoms with Crippen LogP contribution in [0.15, 0.2) is 53.6 Å². The maximum absolute atomic E-state index is 13.3. The van der Waals surface area contributed by atoms with Crippen molar-refractivity contribution in [2.75, 3.05) is 0 Å². The number of carbonyl (C=O) groups is 2. The first-order valence-corrected chi connectivity index (χ1v) is 10.4.